The number of halogens is 2. The summed E-state index contributed by atoms with van der Waals surface area (Å²) >= 11 is 0. The van der Waals surface area contributed by atoms with Crippen LogP contribution in [-0.2, 0) is 10.0 Å². The van der Waals surface area contributed by atoms with Crippen molar-refractivity contribution in [1.29, 1.82) is 5.26 Å². The van der Waals surface area contributed by atoms with Crippen LogP contribution in [0.4, 0.5) is 19.3 Å². The summed E-state index contributed by atoms with van der Waals surface area (Å²) in [5, 5.41) is 14.9. The van der Waals surface area contributed by atoms with E-state index in [0.29, 0.717) is 29.9 Å². The fourth-order valence-corrected chi connectivity index (χ4v) is 5.18. The van der Waals surface area contributed by atoms with Crippen molar-refractivity contribution in [1.82, 2.24) is 4.90 Å². The Morgan fingerprint density at radius 3 is 2.43 bits per heavy atom. The molecule has 1 fully saturated rings. The number of amides is 2. The topological polar surface area (TPSA) is 120 Å². The number of anilines is 1. The third kappa shape index (κ3) is 5.08. The second-order valence-corrected chi connectivity index (χ2v) is 10.0. The van der Waals surface area contributed by atoms with Gasteiger partial charge in [0.15, 0.2) is 0 Å². The molecule has 0 saturated carbocycles. The number of nitrogens with two attached hydrogens (primary N) is 1. The molecule has 2 aromatic rings. The highest BCUT2D eigenvalue weighted by Crippen LogP contribution is 2.30. The third-order valence-electron chi connectivity index (χ3n) is 6.03. The molecule has 11 heteroatoms. The van der Waals surface area contributed by atoms with E-state index in [2.05, 4.69) is 11.1 Å². The molecule has 2 N–H and O–H groups in total. The minimum absolute atomic E-state index is 0.0332. The molecule has 0 unspecified atom stereocenters. The van der Waals surface area contributed by atoms with Crippen molar-refractivity contribution in [3.05, 3.63) is 64.7 Å². The Morgan fingerprint density at radius 1 is 1.09 bits per heavy atom. The number of urea groups is 1. The maximum atomic E-state index is 14.2. The van der Waals surface area contributed by atoms with Crippen LogP contribution in [0.1, 0.15) is 26.2 Å². The lowest BCUT2D eigenvalue weighted by atomic mass is 10.0. The SMILES string of the molecule is CC1=C(S(N)(=O)=O)CCCC(N2C[C@@H](C#N)CN(c3ccc(-c4cc(F)ccc4F)cc3)C2=O)=N1. The van der Waals surface area contributed by atoms with Crippen LogP contribution < -0.4 is 10.0 Å². The van der Waals surface area contributed by atoms with Gasteiger partial charge < -0.3 is 0 Å². The number of aliphatic imine (C=N–C) groups is 1. The first kappa shape index (κ1) is 24.5. The van der Waals surface area contributed by atoms with E-state index in [4.69, 9.17) is 5.14 Å². The average Bonchev–Trinajstić information content (AvgIpc) is 3.02. The van der Waals surface area contributed by atoms with E-state index in [-0.39, 0.29) is 35.7 Å². The molecule has 2 amide bonds. The molecule has 0 bridgehead atoms. The molecule has 2 aliphatic rings. The summed E-state index contributed by atoms with van der Waals surface area (Å²) in [7, 11) is -3.91. The molecular formula is C24H23F2N5O3S. The quantitative estimate of drug-likeness (QED) is 0.683. The number of rotatable bonds is 3. The lowest BCUT2D eigenvalue weighted by Gasteiger charge is -2.38. The van der Waals surface area contributed by atoms with Gasteiger partial charge in [-0.25, -0.2) is 32.1 Å². The summed E-state index contributed by atoms with van der Waals surface area (Å²) in [4.78, 5) is 20.7. The van der Waals surface area contributed by atoms with Crippen molar-refractivity contribution in [2.75, 3.05) is 18.0 Å². The van der Waals surface area contributed by atoms with E-state index < -0.39 is 33.6 Å². The van der Waals surface area contributed by atoms with Gasteiger partial charge in [0.2, 0.25) is 10.0 Å². The van der Waals surface area contributed by atoms with Gasteiger partial charge in [0.25, 0.3) is 0 Å². The molecule has 0 aromatic heterocycles. The predicted octanol–water partition coefficient (Wildman–Crippen LogP) is 4.12. The summed E-state index contributed by atoms with van der Waals surface area (Å²) in [6, 6.07) is 11.3. The largest absolute Gasteiger partial charge is 0.329 e. The van der Waals surface area contributed by atoms with Crippen molar-refractivity contribution in [2.24, 2.45) is 16.0 Å². The number of sulfonamides is 1. The van der Waals surface area contributed by atoms with Gasteiger partial charge in [-0.3, -0.25) is 9.80 Å². The number of hydrogen-bond acceptors (Lipinski definition) is 5. The van der Waals surface area contributed by atoms with E-state index in [1.165, 1.54) is 16.7 Å². The zero-order valence-corrected chi connectivity index (χ0v) is 19.7. The van der Waals surface area contributed by atoms with Gasteiger partial charge in [0.1, 0.15) is 17.5 Å². The van der Waals surface area contributed by atoms with Crippen LogP contribution in [0.15, 0.2) is 58.1 Å². The molecule has 2 aromatic carbocycles. The monoisotopic (exact) mass is 499 g/mol. The van der Waals surface area contributed by atoms with Crippen LogP contribution in [0.5, 0.6) is 0 Å². The number of nitriles is 1. The minimum Gasteiger partial charge on any atom is -0.293 e. The number of hydrogen-bond donors (Lipinski definition) is 1. The van der Waals surface area contributed by atoms with E-state index >= 15 is 0 Å². The van der Waals surface area contributed by atoms with E-state index in [1.54, 1.807) is 24.3 Å². The summed E-state index contributed by atoms with van der Waals surface area (Å²) in [6.45, 7) is 1.79. The molecule has 182 valence electrons. The zero-order valence-electron chi connectivity index (χ0n) is 18.9. The molecule has 0 spiro atoms. The fraction of sp³-hybridized carbons (Fsp3) is 0.292. The van der Waals surface area contributed by atoms with E-state index in [9.17, 15) is 27.3 Å². The van der Waals surface area contributed by atoms with Gasteiger partial charge in [-0.05, 0) is 55.7 Å². The van der Waals surface area contributed by atoms with Gasteiger partial charge in [-0.2, -0.15) is 5.26 Å². The Labute approximate surface area is 202 Å². The zero-order chi connectivity index (χ0) is 25.3. The minimum atomic E-state index is -3.91. The summed E-state index contributed by atoms with van der Waals surface area (Å²) in [6.07, 6.45) is 0.978. The third-order valence-corrected chi connectivity index (χ3v) is 7.21. The van der Waals surface area contributed by atoms with Crippen LogP contribution in [-0.4, -0.2) is 38.3 Å². The molecule has 2 aliphatic heterocycles. The number of amidine groups is 1. The molecule has 0 aliphatic carbocycles. The number of carbonyl (C=O) groups is 1. The number of primary sulfonamides is 1. The Kier molecular flexibility index (Phi) is 6.69. The van der Waals surface area contributed by atoms with Crippen LogP contribution >= 0.6 is 0 Å². The molecule has 1 atom stereocenters. The summed E-state index contributed by atoms with van der Waals surface area (Å²) < 4.78 is 51.5. The number of carbonyl (C=O) groups excluding carboxylic acids is 1. The summed E-state index contributed by atoms with van der Waals surface area (Å²) in [5.41, 5.74) is 1.24. The van der Waals surface area contributed by atoms with E-state index in [1.807, 2.05) is 0 Å². The number of allylic oxidation sites excluding steroid dienone is 2. The first-order valence-corrected chi connectivity index (χ1v) is 12.5. The molecular weight excluding hydrogens is 476 g/mol. The lowest BCUT2D eigenvalue weighted by molar-refractivity contribution is 0.214. The van der Waals surface area contributed by atoms with Gasteiger partial charge >= 0.3 is 6.03 Å². The Balaban J connectivity index is 1.66. The molecule has 1 saturated heterocycles. The van der Waals surface area contributed by atoms with Crippen molar-refractivity contribution in [2.45, 2.75) is 26.2 Å². The highest BCUT2D eigenvalue weighted by atomic mass is 32.2. The Morgan fingerprint density at radius 2 is 1.77 bits per heavy atom. The first-order chi connectivity index (χ1) is 16.6. The first-order valence-electron chi connectivity index (χ1n) is 10.9. The second-order valence-electron chi connectivity index (χ2n) is 8.44. The van der Waals surface area contributed by atoms with Crippen LogP contribution in [0, 0.1) is 28.9 Å². The molecule has 0 radical (unpaired) electrons. The molecule has 35 heavy (non-hydrogen) atoms. The van der Waals surface area contributed by atoms with E-state index in [0.717, 1.165) is 18.2 Å². The molecule has 4 rings (SSSR count). The summed E-state index contributed by atoms with van der Waals surface area (Å²) in [5.74, 6) is -1.29. The smallest absolute Gasteiger partial charge is 0.293 e. The maximum absolute atomic E-state index is 14.2. The normalized spacial score (nSPS) is 19.3. The highest BCUT2D eigenvalue weighted by Gasteiger charge is 2.36. The maximum Gasteiger partial charge on any atom is 0.329 e. The lowest BCUT2D eigenvalue weighted by Crippen LogP contribution is -2.55. The Bertz CT molecular complexity index is 1380. The van der Waals surface area contributed by atoms with Crippen molar-refractivity contribution in [3.8, 4) is 17.2 Å². The van der Waals surface area contributed by atoms with Crippen molar-refractivity contribution < 1.29 is 22.0 Å². The average molecular weight is 500 g/mol. The second kappa shape index (κ2) is 9.56. The predicted molar refractivity (Wildman–Crippen MR) is 127 cm³/mol. The molecule has 2 heterocycles. The van der Waals surface area contributed by atoms with Crippen molar-refractivity contribution in [3.63, 3.8) is 0 Å². The number of benzene rings is 2. The highest BCUT2D eigenvalue weighted by molar-refractivity contribution is 7.93. The van der Waals surface area contributed by atoms with Gasteiger partial charge in [-0.15, -0.1) is 0 Å². The molecule has 8 nitrogen and oxygen atoms in total. The van der Waals surface area contributed by atoms with Crippen LogP contribution in [0.2, 0.25) is 0 Å². The van der Waals surface area contributed by atoms with Crippen molar-refractivity contribution >= 4 is 27.6 Å². The van der Waals surface area contributed by atoms with Gasteiger partial charge in [0.05, 0.1) is 22.6 Å². The fourth-order valence-electron chi connectivity index (χ4n) is 4.30. The Hall–Kier alpha value is -3.62. The van der Waals surface area contributed by atoms with Gasteiger partial charge in [-0.1, -0.05) is 12.1 Å². The van der Waals surface area contributed by atoms with Crippen LogP contribution in [0.25, 0.3) is 11.1 Å². The van der Waals surface area contributed by atoms with Gasteiger partial charge in [0, 0.05) is 30.8 Å². The number of nitrogens with zero attached hydrogens (tertiary/aromatic N) is 4. The standard InChI is InChI=1S/C24H23F2N5O3S/c1-15-22(35(28,33)34)3-2-4-23(29-15)31-14-16(12-27)13-30(24(31)32)19-8-5-17(6-9-19)20-11-18(25)7-10-21(20)26/h5-11,16H,2-4,13-14H2,1H3,(H2,28,33,34)/t16-/m0/s1. The van der Waals surface area contributed by atoms with Crippen LogP contribution in [0.3, 0.4) is 0 Å².